The summed E-state index contributed by atoms with van der Waals surface area (Å²) in [6, 6.07) is 8.35. The molecule has 1 aromatic carbocycles. The molecule has 1 atom stereocenters. The normalized spacial score (nSPS) is 12.0. The lowest BCUT2D eigenvalue weighted by Gasteiger charge is -2.18. The van der Waals surface area contributed by atoms with Crippen molar-refractivity contribution in [1.29, 1.82) is 0 Å². The van der Waals surface area contributed by atoms with E-state index < -0.39 is 18.0 Å². The number of esters is 2. The van der Waals surface area contributed by atoms with E-state index in [1.54, 1.807) is 0 Å². The quantitative estimate of drug-likeness (QED) is 0.489. The van der Waals surface area contributed by atoms with Crippen molar-refractivity contribution < 1.29 is 19.1 Å². The third-order valence-electron chi connectivity index (χ3n) is 3.69. The first-order valence-corrected chi connectivity index (χ1v) is 8.40. The van der Waals surface area contributed by atoms with Gasteiger partial charge in [-0.1, -0.05) is 44.2 Å². The first-order chi connectivity index (χ1) is 11.6. The third kappa shape index (κ3) is 8.08. The topological polar surface area (TPSA) is 81.9 Å². The molecule has 0 aliphatic carbocycles. The van der Waals surface area contributed by atoms with Gasteiger partial charge in [0.15, 0.2) is 0 Å². The number of benzene rings is 1. The van der Waals surface area contributed by atoms with Crippen molar-refractivity contribution in [3.05, 3.63) is 35.9 Å². The van der Waals surface area contributed by atoms with E-state index in [-0.39, 0.29) is 13.0 Å². The lowest BCUT2D eigenvalue weighted by molar-refractivity contribution is -0.152. The van der Waals surface area contributed by atoms with Crippen LogP contribution in [0.1, 0.15) is 32.3 Å². The summed E-state index contributed by atoms with van der Waals surface area (Å²) < 4.78 is 10.2. The van der Waals surface area contributed by atoms with Gasteiger partial charge in [-0.2, -0.15) is 0 Å². The number of nitrogens with zero attached hydrogens (tertiary/aromatic N) is 1. The van der Waals surface area contributed by atoms with Crippen LogP contribution in [0.15, 0.2) is 30.3 Å². The maximum absolute atomic E-state index is 11.8. The number of rotatable bonds is 11. The van der Waals surface area contributed by atoms with Gasteiger partial charge in [-0.25, -0.2) is 0 Å². The van der Waals surface area contributed by atoms with E-state index in [0.29, 0.717) is 6.61 Å². The molecule has 0 aromatic heterocycles. The molecular weight excluding hydrogens is 308 g/mol. The molecule has 0 aliphatic rings. The molecule has 1 aromatic rings. The van der Waals surface area contributed by atoms with E-state index in [1.807, 2.05) is 30.3 Å². The molecule has 0 aliphatic heterocycles. The van der Waals surface area contributed by atoms with Crippen molar-refractivity contribution in [3.63, 3.8) is 0 Å². The highest BCUT2D eigenvalue weighted by Crippen LogP contribution is 2.03. The summed E-state index contributed by atoms with van der Waals surface area (Å²) in [4.78, 5) is 25.7. The molecule has 24 heavy (non-hydrogen) atoms. The lowest BCUT2D eigenvalue weighted by Crippen LogP contribution is -2.35. The Morgan fingerprint density at radius 2 is 1.79 bits per heavy atom. The Kier molecular flexibility index (Phi) is 9.72. The van der Waals surface area contributed by atoms with E-state index in [2.05, 4.69) is 18.7 Å². The predicted molar refractivity (Wildman–Crippen MR) is 92.2 cm³/mol. The molecule has 0 saturated carbocycles. The lowest BCUT2D eigenvalue weighted by atomic mass is 10.2. The molecule has 1 unspecified atom stereocenters. The minimum atomic E-state index is -0.985. The van der Waals surface area contributed by atoms with Crippen molar-refractivity contribution in [2.75, 3.05) is 26.2 Å². The van der Waals surface area contributed by atoms with E-state index in [9.17, 15) is 9.59 Å². The summed E-state index contributed by atoms with van der Waals surface area (Å²) in [6.07, 6.45) is 0.570. The Balaban J connectivity index is 2.19. The summed E-state index contributed by atoms with van der Waals surface area (Å²) >= 11 is 0. The molecule has 0 bridgehead atoms. The molecule has 0 saturated heterocycles. The minimum Gasteiger partial charge on any atom is -0.464 e. The summed E-state index contributed by atoms with van der Waals surface area (Å²) in [5.41, 5.74) is 6.58. The molecular formula is C18H28N2O4. The van der Waals surface area contributed by atoms with Crippen LogP contribution in [0.25, 0.3) is 0 Å². The highest BCUT2D eigenvalue weighted by atomic mass is 16.5. The fourth-order valence-corrected chi connectivity index (χ4v) is 2.17. The number of carbonyl (C=O) groups excluding carboxylic acids is 2. The van der Waals surface area contributed by atoms with Gasteiger partial charge >= 0.3 is 11.9 Å². The Hall–Kier alpha value is -1.92. The highest BCUT2D eigenvalue weighted by molar-refractivity contribution is 5.82. The third-order valence-corrected chi connectivity index (χ3v) is 3.69. The highest BCUT2D eigenvalue weighted by Gasteiger charge is 2.20. The average Bonchev–Trinajstić information content (AvgIpc) is 2.60. The first-order valence-electron chi connectivity index (χ1n) is 8.40. The van der Waals surface area contributed by atoms with Crippen LogP contribution in [0.2, 0.25) is 0 Å². The zero-order chi connectivity index (χ0) is 17.8. The average molecular weight is 336 g/mol. The van der Waals surface area contributed by atoms with Gasteiger partial charge in [0.1, 0.15) is 12.6 Å². The van der Waals surface area contributed by atoms with Crippen molar-refractivity contribution in [3.8, 4) is 0 Å². The zero-order valence-electron chi connectivity index (χ0n) is 14.6. The number of hydrogen-bond donors (Lipinski definition) is 1. The van der Waals surface area contributed by atoms with Crippen LogP contribution >= 0.6 is 0 Å². The maximum Gasteiger partial charge on any atom is 0.323 e. The Morgan fingerprint density at radius 1 is 1.12 bits per heavy atom. The van der Waals surface area contributed by atoms with Gasteiger partial charge in [0.05, 0.1) is 13.0 Å². The van der Waals surface area contributed by atoms with Gasteiger partial charge < -0.3 is 20.1 Å². The van der Waals surface area contributed by atoms with Crippen molar-refractivity contribution in [1.82, 2.24) is 4.90 Å². The van der Waals surface area contributed by atoms with Crippen LogP contribution in [-0.4, -0.2) is 49.1 Å². The van der Waals surface area contributed by atoms with Gasteiger partial charge in [0, 0.05) is 6.54 Å². The van der Waals surface area contributed by atoms with Crippen LogP contribution in [0.3, 0.4) is 0 Å². The standard InChI is InChI=1S/C18H28N2O4/c1-3-20(4-2)11-8-12-23-18(22)16(19)13-17(21)24-14-15-9-6-5-7-10-15/h5-7,9-10,16H,3-4,8,11-14,19H2,1-2H3. The molecule has 6 nitrogen and oxygen atoms in total. The van der Waals surface area contributed by atoms with Crippen LogP contribution in [0, 0.1) is 0 Å². The summed E-state index contributed by atoms with van der Waals surface area (Å²) in [5, 5.41) is 0. The number of hydrogen-bond acceptors (Lipinski definition) is 6. The molecule has 134 valence electrons. The fraction of sp³-hybridized carbons (Fsp3) is 0.556. The van der Waals surface area contributed by atoms with Crippen molar-refractivity contribution in [2.24, 2.45) is 5.73 Å². The van der Waals surface area contributed by atoms with Crippen LogP contribution in [-0.2, 0) is 25.7 Å². The molecule has 0 amide bonds. The van der Waals surface area contributed by atoms with Gasteiger partial charge in [-0.3, -0.25) is 9.59 Å². The second-order valence-electron chi connectivity index (χ2n) is 5.50. The molecule has 2 N–H and O–H groups in total. The van der Waals surface area contributed by atoms with Crippen LogP contribution in [0.4, 0.5) is 0 Å². The Bertz CT molecular complexity index is 489. The second kappa shape index (κ2) is 11.6. The summed E-state index contributed by atoms with van der Waals surface area (Å²) in [5.74, 6) is -1.07. The van der Waals surface area contributed by atoms with E-state index in [0.717, 1.165) is 31.6 Å². The summed E-state index contributed by atoms with van der Waals surface area (Å²) in [6.45, 7) is 7.47. The maximum atomic E-state index is 11.8. The number of ether oxygens (including phenoxy) is 2. The smallest absolute Gasteiger partial charge is 0.323 e. The second-order valence-corrected chi connectivity index (χ2v) is 5.50. The Morgan fingerprint density at radius 3 is 2.42 bits per heavy atom. The molecule has 0 spiro atoms. The molecule has 6 heteroatoms. The van der Waals surface area contributed by atoms with Gasteiger partial charge in [0.2, 0.25) is 0 Å². The Labute approximate surface area is 143 Å². The number of carbonyl (C=O) groups is 2. The minimum absolute atomic E-state index is 0.172. The number of nitrogens with two attached hydrogens (primary N) is 1. The van der Waals surface area contributed by atoms with Crippen LogP contribution < -0.4 is 5.73 Å². The van der Waals surface area contributed by atoms with E-state index >= 15 is 0 Å². The SMILES string of the molecule is CCN(CC)CCCOC(=O)C(N)CC(=O)OCc1ccccc1. The largest absolute Gasteiger partial charge is 0.464 e. The molecule has 0 fully saturated rings. The predicted octanol–water partition coefficient (Wildman–Crippen LogP) is 1.72. The zero-order valence-corrected chi connectivity index (χ0v) is 14.6. The van der Waals surface area contributed by atoms with Gasteiger partial charge in [0.25, 0.3) is 0 Å². The molecule has 0 radical (unpaired) electrons. The molecule has 0 heterocycles. The van der Waals surface area contributed by atoms with E-state index in [4.69, 9.17) is 15.2 Å². The first kappa shape index (κ1) is 20.1. The molecule has 1 rings (SSSR count). The van der Waals surface area contributed by atoms with Crippen LogP contribution in [0.5, 0.6) is 0 Å². The summed E-state index contributed by atoms with van der Waals surface area (Å²) in [7, 11) is 0. The van der Waals surface area contributed by atoms with Gasteiger partial charge in [-0.15, -0.1) is 0 Å². The fourth-order valence-electron chi connectivity index (χ4n) is 2.17. The monoisotopic (exact) mass is 336 g/mol. The van der Waals surface area contributed by atoms with E-state index in [1.165, 1.54) is 0 Å². The van der Waals surface area contributed by atoms with Crippen molar-refractivity contribution in [2.45, 2.75) is 39.3 Å². The van der Waals surface area contributed by atoms with Crippen molar-refractivity contribution >= 4 is 11.9 Å². The van der Waals surface area contributed by atoms with Gasteiger partial charge in [-0.05, 0) is 25.1 Å².